The van der Waals surface area contributed by atoms with Gasteiger partial charge in [-0.2, -0.15) is 5.10 Å². The minimum Gasteiger partial charge on any atom is -0.383 e. The van der Waals surface area contributed by atoms with E-state index < -0.39 is 0 Å². The monoisotopic (exact) mass is 292 g/mol. The zero-order valence-electron chi connectivity index (χ0n) is 12.4. The maximum absolute atomic E-state index is 12.4. The Bertz CT molecular complexity index is 556. The molecule has 2 amide bonds. The van der Waals surface area contributed by atoms with Crippen LogP contribution in [0.4, 0.5) is 0 Å². The van der Waals surface area contributed by atoms with Crippen LogP contribution in [0.15, 0.2) is 12.4 Å². The number of rotatable bonds is 4. The van der Waals surface area contributed by atoms with Crippen molar-refractivity contribution in [3.05, 3.63) is 18.0 Å². The SMILES string of the molecule is COCCN1C[C@H]2CN(C(=O)c3cnn(C)c3)C[C@H]2C1=O. The molecule has 7 nitrogen and oxygen atoms in total. The number of amides is 2. The standard InChI is InChI=1S/C14H20N4O3/c1-16-6-10(5-15-16)13(19)18-8-11-7-17(3-4-21-2)14(20)12(11)9-18/h5-6,11-12H,3-4,7-9H2,1-2H3/t11-,12+/m0/s1. The molecule has 0 saturated carbocycles. The molecule has 114 valence electrons. The lowest BCUT2D eigenvalue weighted by molar-refractivity contribution is -0.131. The summed E-state index contributed by atoms with van der Waals surface area (Å²) in [7, 11) is 3.42. The molecular weight excluding hydrogens is 272 g/mol. The van der Waals surface area contributed by atoms with E-state index in [0.717, 1.165) is 6.54 Å². The molecule has 7 heteroatoms. The lowest BCUT2D eigenvalue weighted by atomic mass is 10.0. The van der Waals surface area contributed by atoms with Gasteiger partial charge in [0.15, 0.2) is 0 Å². The number of aryl methyl sites for hydroxylation is 1. The second kappa shape index (κ2) is 5.48. The van der Waals surface area contributed by atoms with E-state index in [-0.39, 0.29) is 23.7 Å². The Hall–Kier alpha value is -1.89. The van der Waals surface area contributed by atoms with E-state index in [1.807, 2.05) is 4.90 Å². The van der Waals surface area contributed by atoms with Crippen molar-refractivity contribution in [2.45, 2.75) is 0 Å². The maximum Gasteiger partial charge on any atom is 0.257 e. The second-order valence-electron chi connectivity index (χ2n) is 5.76. The molecule has 1 aromatic heterocycles. The van der Waals surface area contributed by atoms with Gasteiger partial charge in [0, 0.05) is 52.5 Å². The van der Waals surface area contributed by atoms with Gasteiger partial charge in [-0.15, -0.1) is 0 Å². The highest BCUT2D eigenvalue weighted by Crippen LogP contribution is 2.32. The number of methoxy groups -OCH3 is 1. The van der Waals surface area contributed by atoms with E-state index in [0.29, 0.717) is 31.8 Å². The fourth-order valence-electron chi connectivity index (χ4n) is 3.23. The lowest BCUT2D eigenvalue weighted by Gasteiger charge is -2.21. The lowest BCUT2D eigenvalue weighted by Crippen LogP contribution is -2.36. The van der Waals surface area contributed by atoms with Crippen LogP contribution in [0, 0.1) is 11.8 Å². The minimum absolute atomic E-state index is 0.0336. The third kappa shape index (κ3) is 2.53. The molecule has 2 fully saturated rings. The van der Waals surface area contributed by atoms with Crippen LogP contribution in [0.2, 0.25) is 0 Å². The first-order valence-corrected chi connectivity index (χ1v) is 7.16. The Kier molecular flexibility index (Phi) is 3.67. The molecule has 0 aromatic carbocycles. The highest BCUT2D eigenvalue weighted by atomic mass is 16.5. The van der Waals surface area contributed by atoms with Crippen molar-refractivity contribution in [2.24, 2.45) is 18.9 Å². The smallest absolute Gasteiger partial charge is 0.257 e. The second-order valence-corrected chi connectivity index (χ2v) is 5.76. The Morgan fingerprint density at radius 2 is 2.24 bits per heavy atom. The van der Waals surface area contributed by atoms with E-state index in [1.165, 1.54) is 0 Å². The summed E-state index contributed by atoms with van der Waals surface area (Å²) in [5, 5.41) is 4.02. The first kappa shape index (κ1) is 14.1. The normalized spacial score (nSPS) is 24.8. The zero-order valence-corrected chi connectivity index (χ0v) is 12.4. The summed E-state index contributed by atoms with van der Waals surface area (Å²) in [4.78, 5) is 28.3. The highest BCUT2D eigenvalue weighted by molar-refractivity contribution is 5.95. The van der Waals surface area contributed by atoms with E-state index in [1.54, 1.807) is 36.1 Å². The van der Waals surface area contributed by atoms with Crippen LogP contribution in [0.5, 0.6) is 0 Å². The summed E-state index contributed by atoms with van der Waals surface area (Å²) in [5.41, 5.74) is 0.584. The van der Waals surface area contributed by atoms with Crippen molar-refractivity contribution < 1.29 is 14.3 Å². The number of ether oxygens (including phenoxy) is 1. The summed E-state index contributed by atoms with van der Waals surface area (Å²) < 4.78 is 6.64. The Labute approximate surface area is 123 Å². The number of carbonyl (C=O) groups excluding carboxylic acids is 2. The van der Waals surface area contributed by atoms with Gasteiger partial charge in [-0.25, -0.2) is 0 Å². The minimum atomic E-state index is -0.0533. The van der Waals surface area contributed by atoms with Crippen LogP contribution in [0.1, 0.15) is 10.4 Å². The third-order valence-electron chi connectivity index (χ3n) is 4.33. The van der Waals surface area contributed by atoms with Crippen molar-refractivity contribution >= 4 is 11.8 Å². The summed E-state index contributed by atoms with van der Waals surface area (Å²) in [5.74, 6) is 0.310. The van der Waals surface area contributed by atoms with E-state index in [2.05, 4.69) is 5.10 Å². The van der Waals surface area contributed by atoms with Gasteiger partial charge < -0.3 is 14.5 Å². The Balaban J connectivity index is 1.63. The van der Waals surface area contributed by atoms with Gasteiger partial charge in [-0.1, -0.05) is 0 Å². The summed E-state index contributed by atoms with van der Waals surface area (Å²) in [6, 6.07) is 0. The summed E-state index contributed by atoms with van der Waals surface area (Å²) in [6.07, 6.45) is 3.28. The predicted octanol–water partition coefficient (Wildman–Crippen LogP) is -0.403. The molecule has 0 spiro atoms. The van der Waals surface area contributed by atoms with E-state index in [4.69, 9.17) is 4.74 Å². The van der Waals surface area contributed by atoms with Crippen LogP contribution >= 0.6 is 0 Å². The molecule has 0 unspecified atom stereocenters. The molecule has 0 bridgehead atoms. The average Bonchev–Trinajstić information content (AvgIpc) is 3.13. The zero-order chi connectivity index (χ0) is 15.0. The topological polar surface area (TPSA) is 67.7 Å². The first-order valence-electron chi connectivity index (χ1n) is 7.16. The molecule has 3 heterocycles. The number of hydrogen-bond donors (Lipinski definition) is 0. The number of nitrogens with zero attached hydrogens (tertiary/aromatic N) is 4. The fraction of sp³-hybridized carbons (Fsp3) is 0.643. The molecule has 0 aliphatic carbocycles. The van der Waals surface area contributed by atoms with Crippen molar-refractivity contribution in [2.75, 3.05) is 39.9 Å². The molecular formula is C14H20N4O3. The number of likely N-dealkylation sites (tertiary alicyclic amines) is 2. The molecule has 2 aliphatic rings. The van der Waals surface area contributed by atoms with E-state index in [9.17, 15) is 9.59 Å². The summed E-state index contributed by atoms with van der Waals surface area (Å²) >= 11 is 0. The molecule has 0 N–H and O–H groups in total. The molecule has 2 aliphatic heterocycles. The van der Waals surface area contributed by atoms with Gasteiger partial charge >= 0.3 is 0 Å². The van der Waals surface area contributed by atoms with Gasteiger partial charge in [0.1, 0.15) is 0 Å². The number of aromatic nitrogens is 2. The highest BCUT2D eigenvalue weighted by Gasteiger charge is 2.47. The summed E-state index contributed by atoms with van der Waals surface area (Å²) in [6.45, 7) is 3.08. The maximum atomic E-state index is 12.4. The van der Waals surface area contributed by atoms with Gasteiger partial charge in [-0.3, -0.25) is 14.3 Å². The number of hydrogen-bond acceptors (Lipinski definition) is 4. The molecule has 0 radical (unpaired) electrons. The van der Waals surface area contributed by atoms with Crippen molar-refractivity contribution in [3.63, 3.8) is 0 Å². The van der Waals surface area contributed by atoms with Gasteiger partial charge in [0.2, 0.25) is 5.91 Å². The van der Waals surface area contributed by atoms with E-state index >= 15 is 0 Å². The molecule has 2 saturated heterocycles. The van der Waals surface area contributed by atoms with Crippen molar-refractivity contribution in [1.82, 2.24) is 19.6 Å². The van der Waals surface area contributed by atoms with Crippen molar-refractivity contribution in [3.8, 4) is 0 Å². The molecule has 21 heavy (non-hydrogen) atoms. The largest absolute Gasteiger partial charge is 0.383 e. The third-order valence-corrected chi connectivity index (χ3v) is 4.33. The van der Waals surface area contributed by atoms with Crippen LogP contribution in [-0.2, 0) is 16.6 Å². The number of carbonyl (C=O) groups is 2. The Morgan fingerprint density at radius 3 is 2.86 bits per heavy atom. The molecule has 3 rings (SSSR count). The van der Waals surface area contributed by atoms with Crippen molar-refractivity contribution in [1.29, 1.82) is 0 Å². The fourth-order valence-corrected chi connectivity index (χ4v) is 3.23. The van der Waals surface area contributed by atoms with Crippen LogP contribution in [0.3, 0.4) is 0 Å². The van der Waals surface area contributed by atoms with Crippen LogP contribution in [0.25, 0.3) is 0 Å². The molecule has 2 atom stereocenters. The Morgan fingerprint density at radius 1 is 1.43 bits per heavy atom. The first-order chi connectivity index (χ1) is 10.1. The quantitative estimate of drug-likeness (QED) is 0.757. The van der Waals surface area contributed by atoms with Gasteiger partial charge in [0.05, 0.1) is 24.3 Å². The van der Waals surface area contributed by atoms with Gasteiger partial charge in [-0.05, 0) is 0 Å². The van der Waals surface area contributed by atoms with Crippen LogP contribution in [-0.4, -0.2) is 71.3 Å². The van der Waals surface area contributed by atoms with Gasteiger partial charge in [0.25, 0.3) is 5.91 Å². The number of fused-ring (bicyclic) bond motifs is 1. The predicted molar refractivity (Wildman–Crippen MR) is 74.5 cm³/mol. The average molecular weight is 292 g/mol. The van der Waals surface area contributed by atoms with Crippen LogP contribution < -0.4 is 0 Å². The molecule has 1 aromatic rings.